The van der Waals surface area contributed by atoms with Crippen molar-refractivity contribution in [3.05, 3.63) is 23.9 Å². The lowest BCUT2D eigenvalue weighted by Crippen LogP contribution is -2.30. The highest BCUT2D eigenvalue weighted by atomic mass is 16.1. The number of hydrogen-bond acceptors (Lipinski definition) is 3. The third-order valence-electron chi connectivity index (χ3n) is 2.20. The maximum atomic E-state index is 11.6. The Labute approximate surface area is 96.5 Å². The van der Waals surface area contributed by atoms with E-state index in [2.05, 4.69) is 15.6 Å². The van der Waals surface area contributed by atoms with Gasteiger partial charge >= 0.3 is 0 Å². The van der Waals surface area contributed by atoms with Crippen molar-refractivity contribution >= 4 is 11.7 Å². The van der Waals surface area contributed by atoms with Crippen molar-refractivity contribution in [2.24, 2.45) is 0 Å². The molecule has 1 rings (SSSR count). The minimum absolute atomic E-state index is 0.00782. The third kappa shape index (κ3) is 4.40. The molecule has 0 spiro atoms. The average molecular weight is 221 g/mol. The Balaban J connectivity index is 2.45. The second kappa shape index (κ2) is 6.23. The lowest BCUT2D eigenvalue weighted by molar-refractivity contribution is -0.116. The Kier molecular flexibility index (Phi) is 4.92. The monoisotopic (exact) mass is 221 g/mol. The van der Waals surface area contributed by atoms with E-state index in [-0.39, 0.29) is 11.9 Å². The van der Waals surface area contributed by atoms with Crippen LogP contribution in [0.2, 0.25) is 0 Å². The van der Waals surface area contributed by atoms with Gasteiger partial charge in [0.25, 0.3) is 0 Å². The summed E-state index contributed by atoms with van der Waals surface area (Å²) >= 11 is 0. The zero-order valence-corrected chi connectivity index (χ0v) is 10.1. The van der Waals surface area contributed by atoms with Gasteiger partial charge in [0.2, 0.25) is 5.91 Å². The summed E-state index contributed by atoms with van der Waals surface area (Å²) < 4.78 is 0. The summed E-state index contributed by atoms with van der Waals surface area (Å²) in [5.74, 6) is 0.611. The quantitative estimate of drug-likeness (QED) is 0.796. The SMILES string of the molecule is CCNC(C)CC(=O)Nc1cccc(C)n1. The molecule has 1 aromatic heterocycles. The van der Waals surface area contributed by atoms with Gasteiger partial charge in [-0.05, 0) is 32.5 Å². The van der Waals surface area contributed by atoms with Gasteiger partial charge in [-0.25, -0.2) is 4.98 Å². The first kappa shape index (κ1) is 12.6. The van der Waals surface area contributed by atoms with Gasteiger partial charge in [-0.2, -0.15) is 0 Å². The van der Waals surface area contributed by atoms with Gasteiger partial charge in [-0.3, -0.25) is 4.79 Å². The van der Waals surface area contributed by atoms with Crippen LogP contribution in [0, 0.1) is 6.92 Å². The van der Waals surface area contributed by atoms with Crippen LogP contribution in [0.15, 0.2) is 18.2 Å². The molecule has 4 heteroatoms. The van der Waals surface area contributed by atoms with E-state index in [0.717, 1.165) is 12.2 Å². The molecule has 0 aliphatic carbocycles. The number of aryl methyl sites for hydroxylation is 1. The molecule has 0 aromatic carbocycles. The maximum absolute atomic E-state index is 11.6. The zero-order valence-electron chi connectivity index (χ0n) is 10.1. The average Bonchev–Trinajstić information content (AvgIpc) is 2.17. The molecule has 0 saturated heterocycles. The van der Waals surface area contributed by atoms with Gasteiger partial charge in [-0.1, -0.05) is 13.0 Å². The van der Waals surface area contributed by atoms with E-state index in [9.17, 15) is 4.79 Å². The van der Waals surface area contributed by atoms with Crippen LogP contribution in [0.5, 0.6) is 0 Å². The topological polar surface area (TPSA) is 54.0 Å². The summed E-state index contributed by atoms with van der Waals surface area (Å²) in [6.07, 6.45) is 0.462. The van der Waals surface area contributed by atoms with Gasteiger partial charge in [0, 0.05) is 18.2 Å². The van der Waals surface area contributed by atoms with E-state index >= 15 is 0 Å². The fourth-order valence-corrected chi connectivity index (χ4v) is 1.51. The first-order valence-corrected chi connectivity index (χ1v) is 5.58. The molecular formula is C12H19N3O. The van der Waals surface area contributed by atoms with Gasteiger partial charge in [0.1, 0.15) is 5.82 Å². The number of amides is 1. The van der Waals surface area contributed by atoms with Crippen molar-refractivity contribution in [1.82, 2.24) is 10.3 Å². The molecule has 88 valence electrons. The van der Waals surface area contributed by atoms with E-state index < -0.39 is 0 Å². The zero-order chi connectivity index (χ0) is 12.0. The molecule has 0 aliphatic rings. The maximum Gasteiger partial charge on any atom is 0.227 e. The third-order valence-corrected chi connectivity index (χ3v) is 2.20. The smallest absolute Gasteiger partial charge is 0.227 e. The van der Waals surface area contributed by atoms with Crippen LogP contribution in [-0.4, -0.2) is 23.5 Å². The minimum atomic E-state index is -0.00782. The number of carbonyl (C=O) groups excluding carboxylic acids is 1. The highest BCUT2D eigenvalue weighted by Gasteiger charge is 2.08. The Morgan fingerprint density at radius 2 is 2.25 bits per heavy atom. The number of anilines is 1. The fourth-order valence-electron chi connectivity index (χ4n) is 1.51. The Hall–Kier alpha value is -1.42. The normalized spacial score (nSPS) is 12.2. The van der Waals surface area contributed by atoms with Crippen molar-refractivity contribution in [2.75, 3.05) is 11.9 Å². The van der Waals surface area contributed by atoms with Gasteiger partial charge in [0.05, 0.1) is 0 Å². The largest absolute Gasteiger partial charge is 0.314 e. The molecule has 2 N–H and O–H groups in total. The van der Waals surface area contributed by atoms with Crippen molar-refractivity contribution in [3.63, 3.8) is 0 Å². The minimum Gasteiger partial charge on any atom is -0.314 e. The molecule has 4 nitrogen and oxygen atoms in total. The van der Waals surface area contributed by atoms with E-state index in [4.69, 9.17) is 0 Å². The van der Waals surface area contributed by atoms with Crippen LogP contribution in [0.1, 0.15) is 26.0 Å². The molecule has 1 aromatic rings. The number of nitrogens with zero attached hydrogens (tertiary/aromatic N) is 1. The molecule has 1 atom stereocenters. The van der Waals surface area contributed by atoms with Crippen LogP contribution in [0.25, 0.3) is 0 Å². The molecule has 1 amide bonds. The van der Waals surface area contributed by atoms with Gasteiger partial charge < -0.3 is 10.6 Å². The number of hydrogen-bond donors (Lipinski definition) is 2. The van der Waals surface area contributed by atoms with Crippen LogP contribution in [-0.2, 0) is 4.79 Å². The van der Waals surface area contributed by atoms with E-state index in [0.29, 0.717) is 12.2 Å². The highest BCUT2D eigenvalue weighted by Crippen LogP contribution is 2.04. The predicted molar refractivity (Wildman–Crippen MR) is 65.4 cm³/mol. The summed E-state index contributed by atoms with van der Waals surface area (Å²) in [4.78, 5) is 15.8. The molecular weight excluding hydrogens is 202 g/mol. The second-order valence-electron chi connectivity index (χ2n) is 3.88. The molecule has 0 fully saturated rings. The summed E-state index contributed by atoms with van der Waals surface area (Å²) in [5.41, 5.74) is 0.900. The second-order valence-corrected chi connectivity index (χ2v) is 3.88. The van der Waals surface area contributed by atoms with Crippen molar-refractivity contribution < 1.29 is 4.79 Å². The Morgan fingerprint density at radius 1 is 1.50 bits per heavy atom. The number of carbonyl (C=O) groups is 1. The van der Waals surface area contributed by atoms with Crippen LogP contribution in [0.4, 0.5) is 5.82 Å². The molecule has 1 unspecified atom stereocenters. The summed E-state index contributed by atoms with van der Waals surface area (Å²) in [6.45, 7) is 6.79. The lowest BCUT2D eigenvalue weighted by atomic mass is 10.2. The molecule has 16 heavy (non-hydrogen) atoms. The van der Waals surface area contributed by atoms with Gasteiger partial charge in [0.15, 0.2) is 0 Å². The Morgan fingerprint density at radius 3 is 2.88 bits per heavy atom. The fraction of sp³-hybridized carbons (Fsp3) is 0.500. The van der Waals surface area contributed by atoms with Crippen molar-refractivity contribution in [3.8, 4) is 0 Å². The number of aromatic nitrogens is 1. The molecule has 1 heterocycles. The van der Waals surface area contributed by atoms with E-state index in [1.807, 2.05) is 32.9 Å². The first-order valence-electron chi connectivity index (χ1n) is 5.58. The molecule has 0 saturated carbocycles. The van der Waals surface area contributed by atoms with Crippen LogP contribution in [0.3, 0.4) is 0 Å². The van der Waals surface area contributed by atoms with Crippen LogP contribution >= 0.6 is 0 Å². The first-order chi connectivity index (χ1) is 7.61. The molecule has 0 radical (unpaired) electrons. The van der Waals surface area contributed by atoms with Crippen molar-refractivity contribution in [2.45, 2.75) is 33.2 Å². The molecule has 0 bridgehead atoms. The lowest BCUT2D eigenvalue weighted by Gasteiger charge is -2.11. The highest BCUT2D eigenvalue weighted by molar-refractivity contribution is 5.90. The van der Waals surface area contributed by atoms with Gasteiger partial charge in [-0.15, -0.1) is 0 Å². The van der Waals surface area contributed by atoms with Crippen LogP contribution < -0.4 is 10.6 Å². The van der Waals surface area contributed by atoms with E-state index in [1.165, 1.54) is 0 Å². The van der Waals surface area contributed by atoms with E-state index in [1.54, 1.807) is 6.07 Å². The Bertz CT molecular complexity index is 352. The summed E-state index contributed by atoms with van der Waals surface area (Å²) in [5, 5.41) is 5.97. The number of pyridine rings is 1. The number of nitrogens with one attached hydrogen (secondary N) is 2. The standard InChI is InChI=1S/C12H19N3O/c1-4-13-10(3)8-12(16)15-11-7-5-6-9(2)14-11/h5-7,10,13H,4,8H2,1-3H3,(H,14,15,16). The summed E-state index contributed by atoms with van der Waals surface area (Å²) in [7, 11) is 0. The summed E-state index contributed by atoms with van der Waals surface area (Å²) in [6, 6.07) is 5.76. The molecule has 0 aliphatic heterocycles. The predicted octanol–water partition coefficient (Wildman–Crippen LogP) is 1.72. The number of rotatable bonds is 5. The van der Waals surface area contributed by atoms with Crippen molar-refractivity contribution in [1.29, 1.82) is 0 Å².